The van der Waals surface area contributed by atoms with Crippen LogP contribution in [0.4, 0.5) is 0 Å². The number of hydrogen-bond donors (Lipinski definition) is 2. The lowest BCUT2D eigenvalue weighted by Crippen LogP contribution is -2.46. The van der Waals surface area contributed by atoms with Gasteiger partial charge in [0.25, 0.3) is 5.91 Å². The number of likely N-dealkylation sites (tertiary alicyclic amines) is 1. The Bertz CT molecular complexity index is 1330. The molecule has 0 aromatic heterocycles. The molecule has 3 aromatic rings. The second-order valence-corrected chi connectivity index (χ2v) is 12.8. The Balaban J connectivity index is 1.24. The lowest BCUT2D eigenvalue weighted by Gasteiger charge is -2.32. The summed E-state index contributed by atoms with van der Waals surface area (Å²) in [7, 11) is 0. The first kappa shape index (κ1) is 28.1. The van der Waals surface area contributed by atoms with E-state index in [1.165, 1.54) is 11.1 Å². The van der Waals surface area contributed by atoms with Crippen molar-refractivity contribution in [3.8, 4) is 11.1 Å². The van der Waals surface area contributed by atoms with Gasteiger partial charge in [-0.25, -0.2) is 0 Å². The Morgan fingerprint density at radius 1 is 0.900 bits per heavy atom. The van der Waals surface area contributed by atoms with Crippen molar-refractivity contribution >= 4 is 11.8 Å². The zero-order valence-corrected chi connectivity index (χ0v) is 24.4. The summed E-state index contributed by atoms with van der Waals surface area (Å²) < 4.78 is 0. The summed E-state index contributed by atoms with van der Waals surface area (Å²) in [5.74, 6) is 0.131. The minimum atomic E-state index is -0.673. The SMILES string of the molecule is Cc1ccccc1C(=O)NC1CCN(CCCCC2(C(=O)NCC(C)(C)C)c3ccccc3-c3ccccc32)C1. The number of fused-ring (bicyclic) bond motifs is 3. The van der Waals surface area contributed by atoms with E-state index in [9.17, 15) is 9.59 Å². The minimum absolute atomic E-state index is 0.00934. The fourth-order valence-electron chi connectivity index (χ4n) is 6.42. The summed E-state index contributed by atoms with van der Waals surface area (Å²) in [6.45, 7) is 11.9. The Morgan fingerprint density at radius 3 is 2.17 bits per heavy atom. The molecule has 2 amide bonds. The number of nitrogens with zero attached hydrogens (tertiary/aromatic N) is 1. The maximum absolute atomic E-state index is 14.1. The summed E-state index contributed by atoms with van der Waals surface area (Å²) >= 11 is 0. The number of hydrogen-bond acceptors (Lipinski definition) is 3. The summed E-state index contributed by atoms with van der Waals surface area (Å²) in [6, 6.07) is 24.8. The Hall–Kier alpha value is -3.44. The molecule has 1 aliphatic heterocycles. The van der Waals surface area contributed by atoms with E-state index in [-0.39, 0.29) is 23.3 Å². The van der Waals surface area contributed by atoms with Gasteiger partial charge in [-0.15, -0.1) is 0 Å². The molecule has 1 fully saturated rings. The maximum Gasteiger partial charge on any atom is 0.251 e. The average molecular weight is 538 g/mol. The molecule has 3 aromatic carbocycles. The normalized spacial score (nSPS) is 17.8. The molecule has 40 heavy (non-hydrogen) atoms. The number of unbranched alkanes of at least 4 members (excludes halogenated alkanes) is 1. The van der Waals surface area contributed by atoms with Gasteiger partial charge in [0.2, 0.25) is 5.91 Å². The van der Waals surface area contributed by atoms with Gasteiger partial charge in [0.1, 0.15) is 5.41 Å². The third-order valence-corrected chi connectivity index (χ3v) is 8.50. The third kappa shape index (κ3) is 5.71. The van der Waals surface area contributed by atoms with E-state index < -0.39 is 5.41 Å². The molecule has 1 saturated heterocycles. The fraction of sp³-hybridized carbons (Fsp3) is 0.429. The molecule has 0 spiro atoms. The van der Waals surface area contributed by atoms with Crippen molar-refractivity contribution in [3.63, 3.8) is 0 Å². The predicted octanol–water partition coefficient (Wildman–Crippen LogP) is 6.10. The topological polar surface area (TPSA) is 61.4 Å². The summed E-state index contributed by atoms with van der Waals surface area (Å²) in [5.41, 5.74) is 5.71. The number of amides is 2. The van der Waals surface area contributed by atoms with Crippen LogP contribution < -0.4 is 10.6 Å². The first-order chi connectivity index (χ1) is 19.2. The zero-order valence-electron chi connectivity index (χ0n) is 24.4. The molecular weight excluding hydrogens is 494 g/mol. The number of rotatable bonds is 9. The number of carbonyl (C=O) groups is 2. The van der Waals surface area contributed by atoms with Gasteiger partial charge in [-0.2, -0.15) is 0 Å². The van der Waals surface area contributed by atoms with E-state index in [1.807, 2.05) is 31.2 Å². The Kier molecular flexibility index (Phi) is 8.14. The lowest BCUT2D eigenvalue weighted by molar-refractivity contribution is -0.126. The highest BCUT2D eigenvalue weighted by molar-refractivity contribution is 6.00. The average Bonchev–Trinajstić information content (AvgIpc) is 3.50. The quantitative estimate of drug-likeness (QED) is 0.324. The highest BCUT2D eigenvalue weighted by atomic mass is 16.2. The first-order valence-corrected chi connectivity index (χ1v) is 14.8. The van der Waals surface area contributed by atoms with Crippen molar-refractivity contribution in [2.75, 3.05) is 26.2 Å². The molecule has 0 saturated carbocycles. The Morgan fingerprint density at radius 2 is 1.52 bits per heavy atom. The molecule has 5 rings (SSSR count). The third-order valence-electron chi connectivity index (χ3n) is 8.50. The Labute approximate surface area is 239 Å². The van der Waals surface area contributed by atoms with E-state index in [0.29, 0.717) is 6.54 Å². The molecule has 1 atom stereocenters. The number of benzene rings is 3. The molecule has 5 nitrogen and oxygen atoms in total. The van der Waals surface area contributed by atoms with Gasteiger partial charge >= 0.3 is 0 Å². The van der Waals surface area contributed by atoms with Gasteiger partial charge in [0.15, 0.2) is 0 Å². The largest absolute Gasteiger partial charge is 0.355 e. The second kappa shape index (κ2) is 11.6. The summed E-state index contributed by atoms with van der Waals surface area (Å²) in [6.07, 6.45) is 3.70. The molecule has 1 unspecified atom stereocenters. The van der Waals surface area contributed by atoms with E-state index in [0.717, 1.165) is 67.6 Å². The van der Waals surface area contributed by atoms with Crippen LogP contribution in [-0.4, -0.2) is 48.9 Å². The van der Waals surface area contributed by atoms with Gasteiger partial charge in [0, 0.05) is 31.2 Å². The molecule has 0 radical (unpaired) electrons. The summed E-state index contributed by atoms with van der Waals surface area (Å²) in [4.78, 5) is 29.3. The van der Waals surface area contributed by atoms with Crippen LogP contribution in [0.1, 0.15) is 73.5 Å². The van der Waals surface area contributed by atoms with Gasteiger partial charge in [-0.1, -0.05) is 93.9 Å². The number of carbonyl (C=O) groups excluding carboxylic acids is 2. The standard InChI is InChI=1S/C35H43N3O2/c1-25-13-5-6-14-27(25)32(39)37-26-19-22-38(23-26)21-12-11-20-35(33(40)36-24-34(2,3)4)30-17-9-7-15-28(30)29-16-8-10-18-31(29)35/h5-10,13-18,26H,11-12,19-24H2,1-4H3,(H,36,40)(H,37,39). The van der Waals surface area contributed by atoms with Crippen LogP contribution in [0.5, 0.6) is 0 Å². The summed E-state index contributed by atoms with van der Waals surface area (Å²) in [5, 5.41) is 6.56. The van der Waals surface area contributed by atoms with Crippen LogP contribution in [0.2, 0.25) is 0 Å². The molecule has 2 N–H and O–H groups in total. The maximum atomic E-state index is 14.1. The van der Waals surface area contributed by atoms with Crippen molar-refractivity contribution < 1.29 is 9.59 Å². The van der Waals surface area contributed by atoms with Gasteiger partial charge in [0.05, 0.1) is 0 Å². The van der Waals surface area contributed by atoms with Crippen molar-refractivity contribution in [1.82, 2.24) is 15.5 Å². The molecule has 210 valence electrons. The van der Waals surface area contributed by atoms with Crippen LogP contribution in [-0.2, 0) is 10.2 Å². The predicted molar refractivity (Wildman–Crippen MR) is 162 cm³/mol. The van der Waals surface area contributed by atoms with Crippen LogP contribution in [0.3, 0.4) is 0 Å². The van der Waals surface area contributed by atoms with Crippen LogP contribution in [0.15, 0.2) is 72.8 Å². The smallest absolute Gasteiger partial charge is 0.251 e. The molecule has 1 heterocycles. The van der Waals surface area contributed by atoms with Gasteiger partial charge < -0.3 is 15.5 Å². The molecule has 0 bridgehead atoms. The second-order valence-electron chi connectivity index (χ2n) is 12.8. The monoisotopic (exact) mass is 537 g/mol. The first-order valence-electron chi connectivity index (χ1n) is 14.8. The number of nitrogens with one attached hydrogen (secondary N) is 2. The van der Waals surface area contributed by atoms with Crippen LogP contribution in [0.25, 0.3) is 11.1 Å². The van der Waals surface area contributed by atoms with Crippen molar-refractivity contribution in [3.05, 3.63) is 95.1 Å². The minimum Gasteiger partial charge on any atom is -0.355 e. The lowest BCUT2D eigenvalue weighted by atomic mass is 9.73. The van der Waals surface area contributed by atoms with Crippen LogP contribution in [0, 0.1) is 12.3 Å². The number of aryl methyl sites for hydroxylation is 1. The molecular formula is C35H43N3O2. The highest BCUT2D eigenvalue weighted by Crippen LogP contribution is 2.51. The highest BCUT2D eigenvalue weighted by Gasteiger charge is 2.48. The molecule has 5 heteroatoms. The van der Waals surface area contributed by atoms with E-state index >= 15 is 0 Å². The van der Waals surface area contributed by atoms with Crippen LogP contribution >= 0.6 is 0 Å². The molecule has 1 aliphatic carbocycles. The van der Waals surface area contributed by atoms with Crippen molar-refractivity contribution in [2.24, 2.45) is 5.41 Å². The van der Waals surface area contributed by atoms with Crippen molar-refractivity contribution in [1.29, 1.82) is 0 Å². The fourth-order valence-corrected chi connectivity index (χ4v) is 6.42. The van der Waals surface area contributed by atoms with E-state index in [1.54, 1.807) is 0 Å². The zero-order chi connectivity index (χ0) is 28.3. The van der Waals surface area contributed by atoms with E-state index in [2.05, 4.69) is 84.8 Å². The van der Waals surface area contributed by atoms with E-state index in [4.69, 9.17) is 0 Å². The molecule has 2 aliphatic rings. The van der Waals surface area contributed by atoms with Gasteiger partial charge in [-0.3, -0.25) is 9.59 Å². The van der Waals surface area contributed by atoms with Gasteiger partial charge in [-0.05, 0) is 72.0 Å². The van der Waals surface area contributed by atoms with Crippen molar-refractivity contribution in [2.45, 2.75) is 64.8 Å².